The third-order valence-corrected chi connectivity index (χ3v) is 4.15. The molecule has 3 rings (SSSR count). The Morgan fingerprint density at radius 3 is 2.58 bits per heavy atom. The number of halogens is 1. The average Bonchev–Trinajstić information content (AvgIpc) is 2.88. The molecule has 1 aliphatic rings. The summed E-state index contributed by atoms with van der Waals surface area (Å²) in [6, 6.07) is 19.3. The standard InChI is InChI=1S/C17H18ClN/c18-14-7-4-6-13(12-14)16-10-5-11-17(16)19-15-8-2-1-3-9-15/h1-4,6-9,12,16-17,19H,5,10-11H2. The van der Waals surface area contributed by atoms with Gasteiger partial charge in [-0.3, -0.25) is 0 Å². The summed E-state index contributed by atoms with van der Waals surface area (Å²) in [5, 5.41) is 4.50. The van der Waals surface area contributed by atoms with E-state index in [2.05, 4.69) is 47.8 Å². The van der Waals surface area contributed by atoms with Crippen molar-refractivity contribution >= 4 is 17.3 Å². The summed E-state index contributed by atoms with van der Waals surface area (Å²) in [7, 11) is 0. The Hall–Kier alpha value is -1.47. The van der Waals surface area contributed by atoms with E-state index in [9.17, 15) is 0 Å². The first kappa shape index (κ1) is 12.6. The highest BCUT2D eigenvalue weighted by molar-refractivity contribution is 6.30. The molecule has 2 aromatic rings. The van der Waals surface area contributed by atoms with Gasteiger partial charge in [-0.1, -0.05) is 48.4 Å². The zero-order chi connectivity index (χ0) is 13.1. The fourth-order valence-corrected chi connectivity index (χ4v) is 3.22. The number of para-hydroxylation sites is 1. The predicted molar refractivity (Wildman–Crippen MR) is 81.9 cm³/mol. The van der Waals surface area contributed by atoms with Gasteiger partial charge in [-0.2, -0.15) is 0 Å². The third kappa shape index (κ3) is 2.93. The van der Waals surface area contributed by atoms with Crippen LogP contribution in [0.1, 0.15) is 30.7 Å². The van der Waals surface area contributed by atoms with Crippen LogP contribution < -0.4 is 5.32 Å². The van der Waals surface area contributed by atoms with Gasteiger partial charge < -0.3 is 5.32 Å². The molecule has 98 valence electrons. The van der Waals surface area contributed by atoms with E-state index < -0.39 is 0 Å². The fraction of sp³-hybridized carbons (Fsp3) is 0.294. The number of nitrogens with one attached hydrogen (secondary N) is 1. The summed E-state index contributed by atoms with van der Waals surface area (Å²) in [6.07, 6.45) is 3.75. The summed E-state index contributed by atoms with van der Waals surface area (Å²) in [4.78, 5) is 0. The van der Waals surface area contributed by atoms with E-state index in [4.69, 9.17) is 11.6 Å². The molecule has 0 heterocycles. The van der Waals surface area contributed by atoms with Crippen LogP contribution in [0.4, 0.5) is 5.69 Å². The van der Waals surface area contributed by atoms with Crippen LogP contribution in [0, 0.1) is 0 Å². The number of rotatable bonds is 3. The molecule has 1 aliphatic carbocycles. The van der Waals surface area contributed by atoms with Crippen molar-refractivity contribution < 1.29 is 0 Å². The molecular formula is C17H18ClN. The lowest BCUT2D eigenvalue weighted by Gasteiger charge is -2.22. The highest BCUT2D eigenvalue weighted by atomic mass is 35.5. The largest absolute Gasteiger partial charge is 0.382 e. The van der Waals surface area contributed by atoms with Gasteiger partial charge in [0, 0.05) is 22.7 Å². The van der Waals surface area contributed by atoms with Gasteiger partial charge in [-0.15, -0.1) is 0 Å². The Morgan fingerprint density at radius 1 is 0.947 bits per heavy atom. The molecule has 1 nitrogen and oxygen atoms in total. The van der Waals surface area contributed by atoms with Crippen LogP contribution in [0.25, 0.3) is 0 Å². The lowest BCUT2D eigenvalue weighted by Crippen LogP contribution is -2.22. The first-order chi connectivity index (χ1) is 9.33. The maximum Gasteiger partial charge on any atom is 0.0408 e. The lowest BCUT2D eigenvalue weighted by molar-refractivity contribution is 0.650. The molecule has 1 N–H and O–H groups in total. The molecule has 0 radical (unpaired) electrons. The number of benzene rings is 2. The molecule has 19 heavy (non-hydrogen) atoms. The molecule has 0 amide bonds. The topological polar surface area (TPSA) is 12.0 Å². The molecule has 2 unspecified atom stereocenters. The first-order valence-electron chi connectivity index (χ1n) is 6.90. The van der Waals surface area contributed by atoms with Crippen molar-refractivity contribution in [2.75, 3.05) is 5.32 Å². The van der Waals surface area contributed by atoms with Crippen molar-refractivity contribution in [3.05, 3.63) is 65.2 Å². The maximum absolute atomic E-state index is 6.11. The van der Waals surface area contributed by atoms with E-state index >= 15 is 0 Å². The summed E-state index contributed by atoms with van der Waals surface area (Å²) in [5.41, 5.74) is 2.57. The van der Waals surface area contributed by atoms with Gasteiger partial charge in [0.15, 0.2) is 0 Å². The van der Waals surface area contributed by atoms with E-state index in [1.54, 1.807) is 0 Å². The van der Waals surface area contributed by atoms with Gasteiger partial charge in [-0.05, 0) is 42.7 Å². The van der Waals surface area contributed by atoms with Crippen molar-refractivity contribution in [3.63, 3.8) is 0 Å². The molecule has 0 saturated heterocycles. The van der Waals surface area contributed by atoms with Crippen LogP contribution in [0.5, 0.6) is 0 Å². The second-order valence-corrected chi connectivity index (χ2v) is 5.65. The molecule has 2 aromatic carbocycles. The molecule has 0 aromatic heterocycles. The van der Waals surface area contributed by atoms with Crippen LogP contribution in [-0.4, -0.2) is 6.04 Å². The predicted octanol–water partition coefficient (Wildman–Crippen LogP) is 5.09. The van der Waals surface area contributed by atoms with Crippen molar-refractivity contribution in [1.29, 1.82) is 0 Å². The van der Waals surface area contributed by atoms with Crippen LogP contribution >= 0.6 is 11.6 Å². The smallest absolute Gasteiger partial charge is 0.0408 e. The quantitative estimate of drug-likeness (QED) is 0.820. The van der Waals surface area contributed by atoms with Crippen molar-refractivity contribution in [2.45, 2.75) is 31.2 Å². The van der Waals surface area contributed by atoms with E-state index in [0.717, 1.165) is 5.02 Å². The van der Waals surface area contributed by atoms with Gasteiger partial charge in [0.1, 0.15) is 0 Å². The van der Waals surface area contributed by atoms with Crippen LogP contribution in [0.15, 0.2) is 54.6 Å². The minimum atomic E-state index is 0.515. The van der Waals surface area contributed by atoms with Gasteiger partial charge in [0.2, 0.25) is 0 Å². The van der Waals surface area contributed by atoms with E-state index in [1.807, 2.05) is 12.1 Å². The zero-order valence-electron chi connectivity index (χ0n) is 10.9. The maximum atomic E-state index is 6.11. The van der Waals surface area contributed by atoms with E-state index in [1.165, 1.54) is 30.5 Å². The van der Waals surface area contributed by atoms with Crippen LogP contribution in [-0.2, 0) is 0 Å². The number of anilines is 1. The number of hydrogen-bond acceptors (Lipinski definition) is 1. The van der Waals surface area contributed by atoms with Gasteiger partial charge >= 0.3 is 0 Å². The Bertz CT molecular complexity index is 538. The fourth-order valence-electron chi connectivity index (χ4n) is 3.02. The molecular weight excluding hydrogens is 254 g/mol. The zero-order valence-corrected chi connectivity index (χ0v) is 11.6. The Labute approximate surface area is 119 Å². The second kappa shape index (κ2) is 5.66. The summed E-state index contributed by atoms with van der Waals surface area (Å²) >= 11 is 6.11. The van der Waals surface area contributed by atoms with Gasteiger partial charge in [-0.25, -0.2) is 0 Å². The average molecular weight is 272 g/mol. The second-order valence-electron chi connectivity index (χ2n) is 5.21. The molecule has 0 bridgehead atoms. The summed E-state index contributed by atoms with van der Waals surface area (Å²) in [5.74, 6) is 0.568. The van der Waals surface area contributed by atoms with Crippen molar-refractivity contribution in [2.24, 2.45) is 0 Å². The molecule has 2 heteroatoms. The highest BCUT2D eigenvalue weighted by Gasteiger charge is 2.28. The monoisotopic (exact) mass is 271 g/mol. The molecule has 2 atom stereocenters. The molecule has 1 fully saturated rings. The Kier molecular flexibility index (Phi) is 3.74. The summed E-state index contributed by atoms with van der Waals surface area (Å²) in [6.45, 7) is 0. The lowest BCUT2D eigenvalue weighted by atomic mass is 9.94. The molecule has 0 aliphatic heterocycles. The highest BCUT2D eigenvalue weighted by Crippen LogP contribution is 2.37. The third-order valence-electron chi connectivity index (χ3n) is 3.92. The first-order valence-corrected chi connectivity index (χ1v) is 7.28. The van der Waals surface area contributed by atoms with Crippen LogP contribution in [0.3, 0.4) is 0 Å². The van der Waals surface area contributed by atoms with E-state index in [0.29, 0.717) is 12.0 Å². The van der Waals surface area contributed by atoms with E-state index in [-0.39, 0.29) is 0 Å². The van der Waals surface area contributed by atoms with Gasteiger partial charge in [0.05, 0.1) is 0 Å². The van der Waals surface area contributed by atoms with Gasteiger partial charge in [0.25, 0.3) is 0 Å². The number of hydrogen-bond donors (Lipinski definition) is 1. The normalized spacial score (nSPS) is 22.4. The molecule has 0 spiro atoms. The van der Waals surface area contributed by atoms with Crippen LogP contribution in [0.2, 0.25) is 5.02 Å². The Balaban J connectivity index is 1.78. The SMILES string of the molecule is Clc1cccc(C2CCCC2Nc2ccccc2)c1. The van der Waals surface area contributed by atoms with Crippen molar-refractivity contribution in [1.82, 2.24) is 0 Å². The minimum absolute atomic E-state index is 0.515. The minimum Gasteiger partial charge on any atom is -0.382 e. The summed E-state index contributed by atoms with van der Waals surface area (Å²) < 4.78 is 0. The van der Waals surface area contributed by atoms with Crippen molar-refractivity contribution in [3.8, 4) is 0 Å². The molecule has 1 saturated carbocycles. The Morgan fingerprint density at radius 2 is 1.79 bits per heavy atom.